The van der Waals surface area contributed by atoms with E-state index in [0.29, 0.717) is 11.3 Å². The van der Waals surface area contributed by atoms with Crippen LogP contribution in [0.15, 0.2) is 18.2 Å². The normalized spacial score (nSPS) is 16.4. The first-order chi connectivity index (χ1) is 9.61. The molecule has 0 aliphatic carbocycles. The van der Waals surface area contributed by atoms with Crippen molar-refractivity contribution in [2.75, 3.05) is 44.2 Å². The molecule has 0 spiro atoms. The fourth-order valence-corrected chi connectivity index (χ4v) is 2.49. The van der Waals surface area contributed by atoms with Gasteiger partial charge < -0.3 is 10.0 Å². The second kappa shape index (κ2) is 6.81. The molecule has 1 aliphatic rings. The second-order valence-electron chi connectivity index (χ2n) is 5.13. The highest BCUT2D eigenvalue weighted by Crippen LogP contribution is 2.22. The molecule has 0 bridgehead atoms. The van der Waals surface area contributed by atoms with E-state index in [0.717, 1.165) is 39.1 Å². The van der Waals surface area contributed by atoms with E-state index in [9.17, 15) is 9.18 Å². The quantitative estimate of drug-likeness (QED) is 0.831. The minimum Gasteiger partial charge on any atom is -0.396 e. The van der Waals surface area contributed by atoms with Crippen LogP contribution < -0.4 is 4.90 Å². The predicted octanol–water partition coefficient (Wildman–Crippen LogP) is 1.53. The van der Waals surface area contributed by atoms with Crippen LogP contribution in [-0.2, 0) is 0 Å². The van der Waals surface area contributed by atoms with Crippen molar-refractivity contribution in [3.63, 3.8) is 0 Å². The minimum atomic E-state index is -0.332. The van der Waals surface area contributed by atoms with Crippen LogP contribution in [0, 0.1) is 5.82 Å². The molecule has 1 aromatic rings. The van der Waals surface area contributed by atoms with E-state index in [4.69, 9.17) is 5.11 Å². The van der Waals surface area contributed by atoms with Gasteiger partial charge in [-0.2, -0.15) is 0 Å². The molecule has 1 N–H and O–H groups in total. The first kappa shape index (κ1) is 14.9. The van der Waals surface area contributed by atoms with Gasteiger partial charge in [0.05, 0.1) is 5.69 Å². The van der Waals surface area contributed by atoms with Gasteiger partial charge in [-0.15, -0.1) is 0 Å². The van der Waals surface area contributed by atoms with Crippen LogP contribution in [0.3, 0.4) is 0 Å². The number of carbonyl (C=O) groups is 1. The monoisotopic (exact) mass is 280 g/mol. The zero-order valence-corrected chi connectivity index (χ0v) is 11.8. The Morgan fingerprint density at radius 2 is 2.00 bits per heavy atom. The molecule has 5 heteroatoms. The van der Waals surface area contributed by atoms with Crippen LogP contribution in [-0.4, -0.2) is 55.1 Å². The Hall–Kier alpha value is -1.46. The first-order valence-electron chi connectivity index (χ1n) is 7.00. The number of piperazine rings is 1. The molecule has 0 amide bonds. The van der Waals surface area contributed by atoms with E-state index in [1.807, 2.05) is 4.90 Å². The van der Waals surface area contributed by atoms with Gasteiger partial charge in [0.15, 0.2) is 5.78 Å². The number of hydrogen-bond acceptors (Lipinski definition) is 4. The summed E-state index contributed by atoms with van der Waals surface area (Å²) >= 11 is 0. The smallest absolute Gasteiger partial charge is 0.159 e. The molecule has 1 saturated heterocycles. The third-order valence-electron chi connectivity index (χ3n) is 3.70. The first-order valence-corrected chi connectivity index (χ1v) is 7.00. The maximum Gasteiger partial charge on any atom is 0.159 e. The van der Waals surface area contributed by atoms with Crippen molar-refractivity contribution in [2.45, 2.75) is 13.3 Å². The number of anilines is 1. The molecule has 0 radical (unpaired) electrons. The van der Waals surface area contributed by atoms with Gasteiger partial charge in [0, 0.05) is 44.9 Å². The lowest BCUT2D eigenvalue weighted by molar-refractivity contribution is 0.101. The molecular formula is C15H21FN2O2. The van der Waals surface area contributed by atoms with E-state index in [2.05, 4.69) is 4.90 Å². The topological polar surface area (TPSA) is 43.8 Å². The summed E-state index contributed by atoms with van der Waals surface area (Å²) in [5.74, 6) is -0.453. The molecule has 1 aromatic carbocycles. The lowest BCUT2D eigenvalue weighted by Crippen LogP contribution is -2.47. The highest BCUT2D eigenvalue weighted by Gasteiger charge is 2.19. The summed E-state index contributed by atoms with van der Waals surface area (Å²) in [4.78, 5) is 15.5. The maximum absolute atomic E-state index is 14.1. The Morgan fingerprint density at radius 1 is 1.30 bits per heavy atom. The molecule has 0 unspecified atom stereocenters. The van der Waals surface area contributed by atoms with Crippen molar-refractivity contribution in [1.29, 1.82) is 0 Å². The molecule has 0 atom stereocenters. The van der Waals surface area contributed by atoms with E-state index < -0.39 is 0 Å². The van der Waals surface area contributed by atoms with Crippen molar-refractivity contribution in [3.05, 3.63) is 29.6 Å². The third kappa shape index (κ3) is 3.55. The number of hydrogen-bond donors (Lipinski definition) is 1. The van der Waals surface area contributed by atoms with Gasteiger partial charge in [-0.25, -0.2) is 4.39 Å². The lowest BCUT2D eigenvalue weighted by atomic mass is 10.1. The summed E-state index contributed by atoms with van der Waals surface area (Å²) in [6.07, 6.45) is 0.779. The number of aliphatic hydroxyl groups is 1. The Balaban J connectivity index is 1.98. The molecule has 1 heterocycles. The van der Waals surface area contributed by atoms with Crippen LogP contribution in [0.1, 0.15) is 23.7 Å². The number of rotatable bonds is 5. The fraction of sp³-hybridized carbons (Fsp3) is 0.533. The molecule has 20 heavy (non-hydrogen) atoms. The maximum atomic E-state index is 14.1. The Kier molecular flexibility index (Phi) is 5.09. The van der Waals surface area contributed by atoms with Crippen molar-refractivity contribution in [3.8, 4) is 0 Å². The van der Waals surface area contributed by atoms with Gasteiger partial charge in [-0.3, -0.25) is 9.69 Å². The third-order valence-corrected chi connectivity index (χ3v) is 3.70. The number of Topliss-reactive ketones (excluding diaryl/α,β-unsaturated/α-hetero) is 1. The predicted molar refractivity (Wildman–Crippen MR) is 76.8 cm³/mol. The summed E-state index contributed by atoms with van der Waals surface area (Å²) in [6, 6.07) is 4.68. The largest absolute Gasteiger partial charge is 0.396 e. The number of ketones is 1. The molecule has 0 saturated carbocycles. The van der Waals surface area contributed by atoms with Crippen molar-refractivity contribution in [2.24, 2.45) is 0 Å². The highest BCUT2D eigenvalue weighted by molar-refractivity contribution is 5.94. The lowest BCUT2D eigenvalue weighted by Gasteiger charge is -2.36. The molecular weight excluding hydrogens is 259 g/mol. The van der Waals surface area contributed by atoms with E-state index in [-0.39, 0.29) is 18.2 Å². The van der Waals surface area contributed by atoms with E-state index >= 15 is 0 Å². The summed E-state index contributed by atoms with van der Waals surface area (Å²) in [7, 11) is 0. The van der Waals surface area contributed by atoms with Crippen LogP contribution in [0.25, 0.3) is 0 Å². The molecule has 4 nitrogen and oxygen atoms in total. The van der Waals surface area contributed by atoms with Gasteiger partial charge in [-0.05, 0) is 31.5 Å². The van der Waals surface area contributed by atoms with Gasteiger partial charge in [0.2, 0.25) is 0 Å². The van der Waals surface area contributed by atoms with Gasteiger partial charge in [-0.1, -0.05) is 0 Å². The fourth-order valence-electron chi connectivity index (χ4n) is 2.49. The second-order valence-corrected chi connectivity index (χ2v) is 5.13. The van der Waals surface area contributed by atoms with Crippen molar-refractivity contribution >= 4 is 11.5 Å². The summed E-state index contributed by atoms with van der Waals surface area (Å²) in [6.45, 7) is 5.80. The Bertz CT molecular complexity index is 471. The Labute approximate surface area is 118 Å². The zero-order valence-electron chi connectivity index (χ0n) is 11.8. The highest BCUT2D eigenvalue weighted by atomic mass is 19.1. The van der Waals surface area contributed by atoms with Crippen LogP contribution >= 0.6 is 0 Å². The van der Waals surface area contributed by atoms with Gasteiger partial charge >= 0.3 is 0 Å². The zero-order chi connectivity index (χ0) is 14.5. The van der Waals surface area contributed by atoms with Crippen molar-refractivity contribution < 1.29 is 14.3 Å². The average Bonchev–Trinajstić information content (AvgIpc) is 2.45. The number of aliphatic hydroxyl groups excluding tert-OH is 1. The molecule has 1 fully saturated rings. The molecule has 2 rings (SSSR count). The number of carbonyl (C=O) groups excluding carboxylic acids is 1. The van der Waals surface area contributed by atoms with Crippen LogP contribution in [0.5, 0.6) is 0 Å². The molecule has 0 aromatic heterocycles. The van der Waals surface area contributed by atoms with E-state index in [1.165, 1.54) is 13.0 Å². The SMILES string of the molecule is CC(=O)c1ccc(N2CCN(CCCO)CC2)c(F)c1. The van der Waals surface area contributed by atoms with Gasteiger partial charge in [0.25, 0.3) is 0 Å². The molecule has 1 aliphatic heterocycles. The van der Waals surface area contributed by atoms with Crippen molar-refractivity contribution in [1.82, 2.24) is 4.90 Å². The Morgan fingerprint density at radius 3 is 2.55 bits per heavy atom. The minimum absolute atomic E-state index is 0.121. The summed E-state index contributed by atoms with van der Waals surface area (Å²) in [5, 5.41) is 8.82. The standard InChI is InChI=1S/C15H21FN2O2/c1-12(20)13-3-4-15(14(16)11-13)18-8-6-17(7-9-18)5-2-10-19/h3-4,11,19H,2,5-10H2,1H3. The molecule has 110 valence electrons. The summed E-state index contributed by atoms with van der Waals surface area (Å²) < 4.78 is 14.1. The van der Waals surface area contributed by atoms with Crippen LogP contribution in [0.4, 0.5) is 10.1 Å². The van der Waals surface area contributed by atoms with Crippen LogP contribution in [0.2, 0.25) is 0 Å². The summed E-state index contributed by atoms with van der Waals surface area (Å²) in [5.41, 5.74) is 0.977. The average molecular weight is 280 g/mol. The number of halogens is 1. The number of nitrogens with zero attached hydrogens (tertiary/aromatic N) is 2. The van der Waals surface area contributed by atoms with E-state index in [1.54, 1.807) is 12.1 Å². The number of benzene rings is 1. The van der Waals surface area contributed by atoms with Gasteiger partial charge in [0.1, 0.15) is 5.82 Å².